The number of fused-ring (bicyclic) bond motifs is 1. The van der Waals surface area contributed by atoms with Crippen LogP contribution in [0.3, 0.4) is 0 Å². The van der Waals surface area contributed by atoms with Crippen LogP contribution in [0, 0.1) is 0 Å². The molecule has 0 atom stereocenters. The predicted octanol–water partition coefficient (Wildman–Crippen LogP) is 3.34. The standard InChI is InChI=1S/C10H11ClN2/c1-6(2)9-7-4-3-5-8(11)10(7)13-12-9/h3-6H,1-2H3,(H,12,13). The van der Waals surface area contributed by atoms with Crippen LogP contribution in [0.4, 0.5) is 0 Å². The molecule has 0 saturated heterocycles. The van der Waals surface area contributed by atoms with Gasteiger partial charge < -0.3 is 0 Å². The molecule has 0 amide bonds. The van der Waals surface area contributed by atoms with E-state index in [0.717, 1.165) is 21.6 Å². The zero-order chi connectivity index (χ0) is 9.42. The molecule has 2 nitrogen and oxygen atoms in total. The van der Waals surface area contributed by atoms with Crippen LogP contribution in [0.25, 0.3) is 10.9 Å². The molecule has 13 heavy (non-hydrogen) atoms. The Morgan fingerprint density at radius 3 is 2.85 bits per heavy atom. The van der Waals surface area contributed by atoms with Crippen molar-refractivity contribution in [3.8, 4) is 0 Å². The monoisotopic (exact) mass is 194 g/mol. The number of nitrogens with zero attached hydrogens (tertiary/aromatic N) is 1. The number of aromatic amines is 1. The molecule has 1 aromatic carbocycles. The molecule has 2 aromatic rings. The molecule has 1 N–H and O–H groups in total. The van der Waals surface area contributed by atoms with Crippen molar-refractivity contribution >= 4 is 22.5 Å². The van der Waals surface area contributed by atoms with Gasteiger partial charge in [-0.3, -0.25) is 5.10 Å². The Kier molecular flexibility index (Phi) is 2.00. The van der Waals surface area contributed by atoms with Crippen LogP contribution in [0.15, 0.2) is 18.2 Å². The fraction of sp³-hybridized carbons (Fsp3) is 0.300. The van der Waals surface area contributed by atoms with Crippen molar-refractivity contribution in [1.29, 1.82) is 0 Å². The van der Waals surface area contributed by atoms with Crippen molar-refractivity contribution in [3.05, 3.63) is 28.9 Å². The van der Waals surface area contributed by atoms with E-state index in [0.29, 0.717) is 5.92 Å². The van der Waals surface area contributed by atoms with Crippen molar-refractivity contribution in [3.63, 3.8) is 0 Å². The van der Waals surface area contributed by atoms with Gasteiger partial charge in [-0.2, -0.15) is 5.10 Å². The van der Waals surface area contributed by atoms with E-state index < -0.39 is 0 Å². The molecule has 0 bridgehead atoms. The van der Waals surface area contributed by atoms with Crippen molar-refractivity contribution in [2.75, 3.05) is 0 Å². The quantitative estimate of drug-likeness (QED) is 0.741. The van der Waals surface area contributed by atoms with E-state index in [-0.39, 0.29) is 0 Å². The average molecular weight is 195 g/mol. The predicted molar refractivity (Wildman–Crippen MR) is 55.2 cm³/mol. The SMILES string of the molecule is CC(C)c1n[nH]c2c(Cl)cccc12. The van der Waals surface area contributed by atoms with Crippen LogP contribution < -0.4 is 0 Å². The number of aromatic nitrogens is 2. The molecule has 2 rings (SSSR count). The number of halogens is 1. The smallest absolute Gasteiger partial charge is 0.0839 e. The molecule has 68 valence electrons. The van der Waals surface area contributed by atoms with Crippen LogP contribution in [0.1, 0.15) is 25.5 Å². The lowest BCUT2D eigenvalue weighted by Gasteiger charge is -1.99. The topological polar surface area (TPSA) is 28.7 Å². The minimum atomic E-state index is 0.423. The van der Waals surface area contributed by atoms with Gasteiger partial charge in [0, 0.05) is 5.39 Å². The molecule has 0 aliphatic carbocycles. The van der Waals surface area contributed by atoms with E-state index in [1.54, 1.807) is 0 Å². The summed E-state index contributed by atoms with van der Waals surface area (Å²) >= 11 is 6.00. The lowest BCUT2D eigenvalue weighted by molar-refractivity contribution is 0.818. The van der Waals surface area contributed by atoms with Gasteiger partial charge in [-0.25, -0.2) is 0 Å². The molecule has 1 heterocycles. The Hall–Kier alpha value is -1.02. The van der Waals surface area contributed by atoms with E-state index in [1.165, 1.54) is 0 Å². The first kappa shape index (κ1) is 8.57. The van der Waals surface area contributed by atoms with E-state index in [2.05, 4.69) is 24.0 Å². The largest absolute Gasteiger partial charge is 0.276 e. The highest BCUT2D eigenvalue weighted by atomic mass is 35.5. The number of H-pyrrole nitrogens is 1. The number of benzene rings is 1. The number of nitrogens with one attached hydrogen (secondary N) is 1. The van der Waals surface area contributed by atoms with Gasteiger partial charge in [0.05, 0.1) is 16.2 Å². The zero-order valence-electron chi connectivity index (χ0n) is 7.63. The van der Waals surface area contributed by atoms with E-state index in [1.807, 2.05) is 18.2 Å². The zero-order valence-corrected chi connectivity index (χ0v) is 8.39. The Bertz CT molecular complexity index is 431. The summed E-state index contributed by atoms with van der Waals surface area (Å²) in [5.41, 5.74) is 2.02. The van der Waals surface area contributed by atoms with Gasteiger partial charge >= 0.3 is 0 Å². The van der Waals surface area contributed by atoms with Crippen molar-refractivity contribution < 1.29 is 0 Å². The fourth-order valence-electron chi connectivity index (χ4n) is 1.47. The maximum Gasteiger partial charge on any atom is 0.0839 e. The third kappa shape index (κ3) is 1.31. The molecule has 0 radical (unpaired) electrons. The summed E-state index contributed by atoms with van der Waals surface area (Å²) in [6, 6.07) is 5.86. The summed E-state index contributed by atoms with van der Waals surface area (Å²) in [4.78, 5) is 0. The number of hydrogen-bond donors (Lipinski definition) is 1. The molecule has 1 aromatic heterocycles. The van der Waals surface area contributed by atoms with Gasteiger partial charge in [0.15, 0.2) is 0 Å². The second-order valence-electron chi connectivity index (χ2n) is 3.43. The van der Waals surface area contributed by atoms with Crippen molar-refractivity contribution in [1.82, 2.24) is 10.2 Å². The highest BCUT2D eigenvalue weighted by Gasteiger charge is 2.10. The van der Waals surface area contributed by atoms with Gasteiger partial charge in [0.2, 0.25) is 0 Å². The second kappa shape index (κ2) is 3.04. The third-order valence-corrected chi connectivity index (χ3v) is 2.44. The lowest BCUT2D eigenvalue weighted by atomic mass is 10.1. The van der Waals surface area contributed by atoms with Gasteiger partial charge in [0.25, 0.3) is 0 Å². The van der Waals surface area contributed by atoms with E-state index in [9.17, 15) is 0 Å². The molecule has 0 spiro atoms. The minimum Gasteiger partial charge on any atom is -0.276 e. The molecule has 0 aliphatic heterocycles. The van der Waals surface area contributed by atoms with Crippen LogP contribution in [0.2, 0.25) is 5.02 Å². The van der Waals surface area contributed by atoms with Gasteiger partial charge in [0.1, 0.15) is 0 Å². The summed E-state index contributed by atoms with van der Waals surface area (Å²) in [6.07, 6.45) is 0. The molecular formula is C10H11ClN2. The maximum absolute atomic E-state index is 6.00. The molecule has 0 fully saturated rings. The van der Waals surface area contributed by atoms with Crippen LogP contribution >= 0.6 is 11.6 Å². The molecule has 0 aliphatic rings. The summed E-state index contributed by atoms with van der Waals surface area (Å²) < 4.78 is 0. The van der Waals surface area contributed by atoms with Crippen LogP contribution in [0.5, 0.6) is 0 Å². The Balaban J connectivity index is 2.75. The third-order valence-electron chi connectivity index (χ3n) is 2.12. The summed E-state index contributed by atoms with van der Waals surface area (Å²) in [7, 11) is 0. The first-order valence-corrected chi connectivity index (χ1v) is 4.70. The highest BCUT2D eigenvalue weighted by Crippen LogP contribution is 2.27. The molecule has 3 heteroatoms. The summed E-state index contributed by atoms with van der Waals surface area (Å²) in [5, 5.41) is 9.06. The minimum absolute atomic E-state index is 0.423. The average Bonchev–Trinajstić information content (AvgIpc) is 2.48. The number of para-hydroxylation sites is 1. The van der Waals surface area contributed by atoms with E-state index in [4.69, 9.17) is 11.6 Å². The first-order chi connectivity index (χ1) is 6.20. The molecule has 0 unspecified atom stereocenters. The molecular weight excluding hydrogens is 184 g/mol. The Morgan fingerprint density at radius 2 is 2.15 bits per heavy atom. The molecule has 0 saturated carbocycles. The lowest BCUT2D eigenvalue weighted by Crippen LogP contribution is -1.87. The normalized spacial score (nSPS) is 11.4. The van der Waals surface area contributed by atoms with Gasteiger partial charge in [-0.15, -0.1) is 0 Å². The summed E-state index contributed by atoms with van der Waals surface area (Å²) in [5.74, 6) is 0.423. The Labute approximate surface area is 81.9 Å². The summed E-state index contributed by atoms with van der Waals surface area (Å²) in [6.45, 7) is 4.24. The number of rotatable bonds is 1. The van der Waals surface area contributed by atoms with Crippen molar-refractivity contribution in [2.24, 2.45) is 0 Å². The van der Waals surface area contributed by atoms with Gasteiger partial charge in [-0.1, -0.05) is 37.6 Å². The van der Waals surface area contributed by atoms with Crippen molar-refractivity contribution in [2.45, 2.75) is 19.8 Å². The van der Waals surface area contributed by atoms with Crippen LogP contribution in [-0.4, -0.2) is 10.2 Å². The highest BCUT2D eigenvalue weighted by molar-refractivity contribution is 6.35. The van der Waals surface area contributed by atoms with Gasteiger partial charge in [-0.05, 0) is 12.0 Å². The maximum atomic E-state index is 6.00. The Morgan fingerprint density at radius 1 is 1.38 bits per heavy atom. The first-order valence-electron chi connectivity index (χ1n) is 4.32. The number of hydrogen-bond acceptors (Lipinski definition) is 1. The second-order valence-corrected chi connectivity index (χ2v) is 3.83. The van der Waals surface area contributed by atoms with Crippen LogP contribution in [-0.2, 0) is 0 Å². The van der Waals surface area contributed by atoms with E-state index >= 15 is 0 Å². The fourth-order valence-corrected chi connectivity index (χ4v) is 1.68.